The van der Waals surface area contributed by atoms with Crippen LogP contribution < -0.4 is 9.80 Å². The number of hydrogen-bond donors (Lipinski definition) is 1. The molecule has 1 saturated heterocycles. The third-order valence-corrected chi connectivity index (χ3v) is 5.07. The van der Waals surface area contributed by atoms with E-state index in [1.165, 1.54) is 17.3 Å². The number of carbonyl (C=O) groups excluding carboxylic acids is 2. The Labute approximate surface area is 173 Å². The molecule has 0 spiro atoms. The Morgan fingerprint density at radius 3 is 2.27 bits per heavy atom. The molecule has 1 fully saturated rings. The fourth-order valence-electron chi connectivity index (χ4n) is 3.55. The van der Waals surface area contributed by atoms with E-state index in [1.54, 1.807) is 43.3 Å². The summed E-state index contributed by atoms with van der Waals surface area (Å²) in [4.78, 5) is 33.3. The Morgan fingerprint density at radius 1 is 1.03 bits per heavy atom. The van der Waals surface area contributed by atoms with Crippen molar-refractivity contribution in [2.24, 2.45) is 0 Å². The van der Waals surface area contributed by atoms with Crippen LogP contribution in [0.4, 0.5) is 11.4 Å². The third kappa shape index (κ3) is 3.24. The molecule has 30 heavy (non-hydrogen) atoms. The Morgan fingerprint density at radius 2 is 1.70 bits per heavy atom. The van der Waals surface area contributed by atoms with Crippen LogP contribution in [0.15, 0.2) is 70.9 Å². The molecule has 1 aliphatic rings. The lowest BCUT2D eigenvalue weighted by atomic mass is 9.99. The van der Waals surface area contributed by atoms with Gasteiger partial charge in [0.25, 0.3) is 11.7 Å². The zero-order valence-corrected chi connectivity index (χ0v) is 16.9. The highest BCUT2D eigenvalue weighted by Crippen LogP contribution is 2.42. The van der Waals surface area contributed by atoms with Gasteiger partial charge in [-0.05, 0) is 55.5 Å². The first kappa shape index (κ1) is 19.4. The van der Waals surface area contributed by atoms with Crippen molar-refractivity contribution in [1.29, 1.82) is 0 Å². The largest absolute Gasteiger partial charge is 0.507 e. The molecule has 7 heteroatoms. The summed E-state index contributed by atoms with van der Waals surface area (Å²) in [6, 6.07) is 13.0. The van der Waals surface area contributed by atoms with Crippen LogP contribution in [0.25, 0.3) is 5.76 Å². The number of aryl methyl sites for hydroxylation is 1. The first-order valence-electron chi connectivity index (χ1n) is 9.43. The summed E-state index contributed by atoms with van der Waals surface area (Å²) in [5.74, 6) is -0.703. The highest BCUT2D eigenvalue weighted by atomic mass is 16.3. The first-order chi connectivity index (χ1) is 14.4. The maximum absolute atomic E-state index is 13.0. The first-order valence-corrected chi connectivity index (χ1v) is 9.43. The highest BCUT2D eigenvalue weighted by molar-refractivity contribution is 6.51. The van der Waals surface area contributed by atoms with Crippen molar-refractivity contribution in [3.8, 4) is 0 Å². The van der Waals surface area contributed by atoms with E-state index in [0.717, 1.165) is 5.69 Å². The zero-order valence-electron chi connectivity index (χ0n) is 16.9. The summed E-state index contributed by atoms with van der Waals surface area (Å²) in [6.45, 7) is 1.78. The second-order valence-electron chi connectivity index (χ2n) is 7.26. The molecule has 1 N–H and O–H groups in total. The second-order valence-corrected chi connectivity index (χ2v) is 7.26. The maximum atomic E-state index is 13.0. The van der Waals surface area contributed by atoms with Crippen molar-refractivity contribution in [2.75, 3.05) is 23.9 Å². The number of aliphatic hydroxyl groups is 1. The molecule has 1 aromatic carbocycles. The lowest BCUT2D eigenvalue weighted by Crippen LogP contribution is -2.29. The van der Waals surface area contributed by atoms with Crippen molar-refractivity contribution >= 4 is 28.8 Å². The number of ketones is 1. The predicted molar refractivity (Wildman–Crippen MR) is 113 cm³/mol. The van der Waals surface area contributed by atoms with E-state index in [9.17, 15) is 14.7 Å². The lowest BCUT2D eigenvalue weighted by molar-refractivity contribution is -0.132. The number of anilines is 2. The maximum Gasteiger partial charge on any atom is 0.300 e. The summed E-state index contributed by atoms with van der Waals surface area (Å²) in [6.07, 6.45) is 3.02. The highest BCUT2D eigenvalue weighted by Gasteiger charge is 2.48. The van der Waals surface area contributed by atoms with Crippen molar-refractivity contribution in [3.05, 3.63) is 83.6 Å². The Hall–Kier alpha value is -3.87. The third-order valence-electron chi connectivity index (χ3n) is 5.07. The van der Waals surface area contributed by atoms with Gasteiger partial charge in [0.05, 0.1) is 5.57 Å². The van der Waals surface area contributed by atoms with Gasteiger partial charge in [0.1, 0.15) is 23.3 Å². The lowest BCUT2D eigenvalue weighted by Gasteiger charge is -2.24. The molecule has 3 aromatic rings. The van der Waals surface area contributed by atoms with Gasteiger partial charge in [0.2, 0.25) is 0 Å². The molecule has 0 bridgehead atoms. The van der Waals surface area contributed by atoms with Crippen LogP contribution in [-0.2, 0) is 9.59 Å². The molecule has 4 rings (SSSR count). The molecule has 1 atom stereocenters. The summed E-state index contributed by atoms with van der Waals surface area (Å²) < 4.78 is 5.78. The van der Waals surface area contributed by atoms with Gasteiger partial charge in [0, 0.05) is 43.4 Å². The number of Topliss-reactive ketones (excluding diaryl/α,β-unsaturated/α-hetero) is 1. The molecular weight excluding hydrogens is 382 g/mol. The monoisotopic (exact) mass is 403 g/mol. The van der Waals surface area contributed by atoms with E-state index in [-0.39, 0.29) is 11.3 Å². The molecule has 0 saturated carbocycles. The van der Waals surface area contributed by atoms with Crippen LogP contribution in [0.1, 0.15) is 23.1 Å². The molecule has 0 aliphatic carbocycles. The van der Waals surface area contributed by atoms with Crippen molar-refractivity contribution in [1.82, 2.24) is 4.98 Å². The predicted octanol–water partition coefficient (Wildman–Crippen LogP) is 3.68. The number of carbonyl (C=O) groups is 2. The molecule has 3 heterocycles. The molecule has 2 aromatic heterocycles. The standard InChI is InChI=1S/C23H21N3O4/c1-14-4-9-18(30-14)20-19(21(27)15-10-12-24-13-11-15)22(28)23(29)26(20)17-7-5-16(6-8-17)25(2)3/h4-13,20,27H,1-3H3/b21-19-. The van der Waals surface area contributed by atoms with Crippen LogP contribution in [0.2, 0.25) is 0 Å². The summed E-state index contributed by atoms with van der Waals surface area (Å²) in [5.41, 5.74) is 1.88. The van der Waals surface area contributed by atoms with E-state index >= 15 is 0 Å². The smallest absolute Gasteiger partial charge is 0.300 e. The van der Waals surface area contributed by atoms with Crippen molar-refractivity contribution < 1.29 is 19.1 Å². The van der Waals surface area contributed by atoms with Gasteiger partial charge in [0.15, 0.2) is 0 Å². The average Bonchev–Trinajstić information content (AvgIpc) is 3.29. The van der Waals surface area contributed by atoms with Crippen LogP contribution in [-0.4, -0.2) is 35.9 Å². The van der Waals surface area contributed by atoms with Crippen LogP contribution >= 0.6 is 0 Å². The van der Waals surface area contributed by atoms with Gasteiger partial charge in [-0.25, -0.2) is 0 Å². The van der Waals surface area contributed by atoms with E-state index in [4.69, 9.17) is 4.42 Å². The van der Waals surface area contributed by atoms with E-state index < -0.39 is 17.7 Å². The van der Waals surface area contributed by atoms with Crippen molar-refractivity contribution in [3.63, 3.8) is 0 Å². The van der Waals surface area contributed by atoms with Gasteiger partial charge < -0.3 is 14.4 Å². The minimum Gasteiger partial charge on any atom is -0.507 e. The molecule has 1 unspecified atom stereocenters. The van der Waals surface area contributed by atoms with E-state index in [2.05, 4.69) is 4.98 Å². The van der Waals surface area contributed by atoms with Crippen LogP contribution in [0, 0.1) is 6.92 Å². The quantitative estimate of drug-likeness (QED) is 0.406. The Balaban J connectivity index is 1.89. The number of furan rings is 1. The van der Waals surface area contributed by atoms with Gasteiger partial charge in [-0.15, -0.1) is 0 Å². The Kier molecular flexibility index (Phi) is 4.87. The number of hydrogen-bond acceptors (Lipinski definition) is 6. The Bertz CT molecular complexity index is 1130. The minimum atomic E-state index is -0.878. The average molecular weight is 403 g/mol. The van der Waals surface area contributed by atoms with Gasteiger partial charge >= 0.3 is 0 Å². The molecule has 1 aliphatic heterocycles. The minimum absolute atomic E-state index is 0.0164. The van der Waals surface area contributed by atoms with E-state index in [1.807, 2.05) is 31.1 Å². The fourth-order valence-corrected chi connectivity index (χ4v) is 3.55. The fraction of sp³-hybridized carbons (Fsp3) is 0.174. The van der Waals surface area contributed by atoms with Gasteiger partial charge in [-0.3, -0.25) is 19.5 Å². The van der Waals surface area contributed by atoms with Crippen LogP contribution in [0.3, 0.4) is 0 Å². The number of benzene rings is 1. The van der Waals surface area contributed by atoms with Gasteiger partial charge in [-0.1, -0.05) is 0 Å². The summed E-state index contributed by atoms with van der Waals surface area (Å²) in [5, 5.41) is 10.9. The number of aromatic nitrogens is 1. The number of rotatable bonds is 4. The second kappa shape index (κ2) is 7.51. The molecule has 1 amide bonds. The molecular formula is C23H21N3O4. The topological polar surface area (TPSA) is 86.9 Å². The number of pyridine rings is 1. The normalized spacial score (nSPS) is 18.1. The summed E-state index contributed by atoms with van der Waals surface area (Å²) >= 11 is 0. The zero-order chi connectivity index (χ0) is 21.4. The summed E-state index contributed by atoms with van der Waals surface area (Å²) in [7, 11) is 3.84. The molecule has 7 nitrogen and oxygen atoms in total. The SMILES string of the molecule is Cc1ccc(C2/C(=C(/O)c3ccncc3)C(=O)C(=O)N2c2ccc(N(C)C)cc2)o1. The number of amides is 1. The number of nitrogens with zero attached hydrogens (tertiary/aromatic N) is 3. The van der Waals surface area contributed by atoms with Crippen molar-refractivity contribution in [2.45, 2.75) is 13.0 Å². The van der Waals surface area contributed by atoms with Gasteiger partial charge in [-0.2, -0.15) is 0 Å². The van der Waals surface area contributed by atoms with Crippen LogP contribution in [0.5, 0.6) is 0 Å². The molecule has 152 valence electrons. The number of aliphatic hydroxyl groups excluding tert-OH is 1. The van der Waals surface area contributed by atoms with E-state index in [0.29, 0.717) is 22.8 Å². The molecule has 0 radical (unpaired) electrons.